The van der Waals surface area contributed by atoms with Gasteiger partial charge in [-0.1, -0.05) is 35.6 Å². The Morgan fingerprint density at radius 3 is 2.39 bits per heavy atom. The van der Waals surface area contributed by atoms with Crippen LogP contribution in [-0.4, -0.2) is 18.0 Å². The van der Waals surface area contributed by atoms with Crippen molar-refractivity contribution in [3.8, 4) is 17.2 Å². The molecule has 0 saturated carbocycles. The molecule has 0 fully saturated rings. The Hall–Kier alpha value is -3.38. The van der Waals surface area contributed by atoms with Crippen molar-refractivity contribution < 1.29 is 14.3 Å². The summed E-state index contributed by atoms with van der Waals surface area (Å²) in [6.07, 6.45) is 0. The molecule has 6 heteroatoms. The number of carbonyl (C=O) groups is 1. The van der Waals surface area contributed by atoms with E-state index in [0.29, 0.717) is 22.2 Å². The van der Waals surface area contributed by atoms with Gasteiger partial charge in [-0.15, -0.1) is 0 Å². The van der Waals surface area contributed by atoms with Crippen LogP contribution in [0.4, 0.5) is 5.13 Å². The summed E-state index contributed by atoms with van der Waals surface area (Å²) in [5.74, 6) is 1.89. The normalized spacial score (nSPS) is 10.6. The summed E-state index contributed by atoms with van der Waals surface area (Å²) in [6, 6.07) is 20.4. The summed E-state index contributed by atoms with van der Waals surface area (Å²) in [6.45, 7) is 2.01. The number of para-hydroxylation sites is 1. The van der Waals surface area contributed by atoms with Crippen LogP contribution in [0.3, 0.4) is 0 Å². The highest BCUT2D eigenvalue weighted by Gasteiger charge is 2.14. The number of rotatable bonds is 5. The fourth-order valence-electron chi connectivity index (χ4n) is 2.80. The second-order valence-electron chi connectivity index (χ2n) is 6.18. The molecule has 0 unspecified atom stereocenters. The second-order valence-corrected chi connectivity index (χ2v) is 7.17. The van der Waals surface area contributed by atoms with Gasteiger partial charge in [-0.05, 0) is 55.0 Å². The lowest BCUT2D eigenvalue weighted by atomic mass is 10.2. The number of methoxy groups -OCH3 is 1. The van der Waals surface area contributed by atoms with E-state index in [1.54, 1.807) is 31.4 Å². The fraction of sp³-hybridized carbons (Fsp3) is 0.0909. The van der Waals surface area contributed by atoms with Gasteiger partial charge in [0.05, 0.1) is 11.8 Å². The van der Waals surface area contributed by atoms with Crippen molar-refractivity contribution in [2.24, 2.45) is 0 Å². The first-order valence-electron chi connectivity index (χ1n) is 8.72. The first-order valence-corrected chi connectivity index (χ1v) is 9.54. The Morgan fingerprint density at radius 2 is 1.68 bits per heavy atom. The average Bonchev–Trinajstić information content (AvgIpc) is 3.14. The first kappa shape index (κ1) is 18.0. The number of aryl methyl sites for hydroxylation is 1. The van der Waals surface area contributed by atoms with Crippen molar-refractivity contribution in [3.05, 3.63) is 77.9 Å². The van der Waals surface area contributed by atoms with Gasteiger partial charge in [0.15, 0.2) is 5.13 Å². The molecular formula is C22H18N2O3S. The molecule has 0 aliphatic heterocycles. The molecular weight excluding hydrogens is 372 g/mol. The number of carbonyl (C=O) groups excluding carboxylic acids is 1. The molecule has 3 aromatic carbocycles. The van der Waals surface area contributed by atoms with Crippen LogP contribution in [0.15, 0.2) is 66.7 Å². The Kier molecular flexibility index (Phi) is 4.95. The smallest absolute Gasteiger partial charge is 0.257 e. The summed E-state index contributed by atoms with van der Waals surface area (Å²) < 4.78 is 12.1. The lowest BCUT2D eigenvalue weighted by molar-refractivity contribution is 0.102. The zero-order valence-electron chi connectivity index (χ0n) is 15.4. The maximum absolute atomic E-state index is 12.6. The molecule has 1 N–H and O–H groups in total. The maximum atomic E-state index is 12.6. The highest BCUT2D eigenvalue weighted by molar-refractivity contribution is 7.22. The van der Waals surface area contributed by atoms with E-state index in [1.165, 1.54) is 11.3 Å². The number of hydrogen-bond donors (Lipinski definition) is 1. The van der Waals surface area contributed by atoms with Crippen molar-refractivity contribution in [2.75, 3.05) is 12.4 Å². The minimum atomic E-state index is -0.220. The maximum Gasteiger partial charge on any atom is 0.257 e. The molecule has 0 aliphatic carbocycles. The third-order valence-corrected chi connectivity index (χ3v) is 5.35. The lowest BCUT2D eigenvalue weighted by Gasteiger charge is -2.06. The fourth-order valence-corrected chi connectivity index (χ4v) is 3.74. The molecule has 28 heavy (non-hydrogen) atoms. The van der Waals surface area contributed by atoms with E-state index < -0.39 is 0 Å². The predicted octanol–water partition coefficient (Wildman–Crippen LogP) is 5.66. The molecule has 0 aliphatic rings. The number of benzene rings is 3. The molecule has 4 rings (SSSR count). The minimum Gasteiger partial charge on any atom is -0.494 e. The molecule has 1 amide bonds. The average molecular weight is 390 g/mol. The van der Waals surface area contributed by atoms with Gasteiger partial charge in [-0.2, -0.15) is 0 Å². The van der Waals surface area contributed by atoms with Crippen LogP contribution in [-0.2, 0) is 0 Å². The van der Waals surface area contributed by atoms with Gasteiger partial charge in [0, 0.05) is 5.56 Å². The standard InChI is InChI=1S/C22H18N2O3S/c1-14-8-13-18(26-2)19-20(14)28-22(23-19)24-21(25)15-9-11-17(12-10-15)27-16-6-4-3-5-7-16/h3-13H,1-2H3,(H,23,24,25). The van der Waals surface area contributed by atoms with Crippen LogP contribution in [0.2, 0.25) is 0 Å². The SMILES string of the molecule is COc1ccc(C)c2sc(NC(=O)c3ccc(Oc4ccccc4)cc3)nc12. The Morgan fingerprint density at radius 1 is 0.964 bits per heavy atom. The zero-order chi connectivity index (χ0) is 19.5. The lowest BCUT2D eigenvalue weighted by Crippen LogP contribution is -2.11. The number of nitrogens with one attached hydrogen (secondary N) is 1. The monoisotopic (exact) mass is 390 g/mol. The quantitative estimate of drug-likeness (QED) is 0.478. The molecule has 4 aromatic rings. The van der Waals surface area contributed by atoms with Crippen molar-refractivity contribution in [3.63, 3.8) is 0 Å². The van der Waals surface area contributed by atoms with E-state index in [1.807, 2.05) is 49.4 Å². The van der Waals surface area contributed by atoms with Crippen molar-refractivity contribution in [2.45, 2.75) is 6.92 Å². The Bertz CT molecular complexity index is 1120. The minimum absolute atomic E-state index is 0.220. The van der Waals surface area contributed by atoms with E-state index in [2.05, 4.69) is 10.3 Å². The summed E-state index contributed by atoms with van der Waals surface area (Å²) in [7, 11) is 1.61. The summed E-state index contributed by atoms with van der Waals surface area (Å²) >= 11 is 1.43. The zero-order valence-corrected chi connectivity index (χ0v) is 16.2. The van der Waals surface area contributed by atoms with Gasteiger partial charge in [0.1, 0.15) is 22.8 Å². The molecule has 0 spiro atoms. The van der Waals surface area contributed by atoms with Crippen LogP contribution in [0, 0.1) is 6.92 Å². The molecule has 0 radical (unpaired) electrons. The van der Waals surface area contributed by atoms with E-state index in [0.717, 1.165) is 21.5 Å². The summed E-state index contributed by atoms with van der Waals surface area (Å²) in [5.41, 5.74) is 2.38. The predicted molar refractivity (Wildman–Crippen MR) is 112 cm³/mol. The summed E-state index contributed by atoms with van der Waals surface area (Å²) in [5, 5.41) is 3.41. The van der Waals surface area contributed by atoms with Gasteiger partial charge in [-0.3, -0.25) is 10.1 Å². The van der Waals surface area contributed by atoms with Crippen molar-refractivity contribution in [1.82, 2.24) is 4.98 Å². The number of hydrogen-bond acceptors (Lipinski definition) is 5. The van der Waals surface area contributed by atoms with Crippen LogP contribution in [0.25, 0.3) is 10.2 Å². The van der Waals surface area contributed by atoms with Gasteiger partial charge in [-0.25, -0.2) is 4.98 Å². The summed E-state index contributed by atoms with van der Waals surface area (Å²) in [4.78, 5) is 17.1. The second kappa shape index (κ2) is 7.70. The molecule has 1 aromatic heterocycles. The van der Waals surface area contributed by atoms with Crippen LogP contribution in [0.5, 0.6) is 17.2 Å². The molecule has 140 valence electrons. The molecule has 0 bridgehead atoms. The largest absolute Gasteiger partial charge is 0.494 e. The molecule has 0 atom stereocenters. The number of anilines is 1. The third kappa shape index (κ3) is 3.68. The number of thiazole rings is 1. The van der Waals surface area contributed by atoms with Crippen LogP contribution >= 0.6 is 11.3 Å². The van der Waals surface area contributed by atoms with Gasteiger partial charge in [0.2, 0.25) is 0 Å². The molecule has 0 saturated heterocycles. The van der Waals surface area contributed by atoms with Crippen LogP contribution < -0.4 is 14.8 Å². The number of ether oxygens (including phenoxy) is 2. The van der Waals surface area contributed by atoms with Crippen LogP contribution in [0.1, 0.15) is 15.9 Å². The number of nitrogens with zero attached hydrogens (tertiary/aromatic N) is 1. The van der Waals surface area contributed by atoms with Crippen molar-refractivity contribution in [1.29, 1.82) is 0 Å². The number of aromatic nitrogens is 1. The van der Waals surface area contributed by atoms with Gasteiger partial charge >= 0.3 is 0 Å². The van der Waals surface area contributed by atoms with Gasteiger partial charge < -0.3 is 9.47 Å². The molecule has 5 nitrogen and oxygen atoms in total. The first-order chi connectivity index (χ1) is 13.6. The van der Waals surface area contributed by atoms with Gasteiger partial charge in [0.25, 0.3) is 5.91 Å². The highest BCUT2D eigenvalue weighted by Crippen LogP contribution is 2.35. The van der Waals surface area contributed by atoms with E-state index >= 15 is 0 Å². The van der Waals surface area contributed by atoms with E-state index in [4.69, 9.17) is 9.47 Å². The number of amides is 1. The van der Waals surface area contributed by atoms with E-state index in [9.17, 15) is 4.79 Å². The Labute approximate surface area is 166 Å². The molecule has 1 heterocycles. The Balaban J connectivity index is 1.51. The number of fused-ring (bicyclic) bond motifs is 1. The highest BCUT2D eigenvalue weighted by atomic mass is 32.1. The topological polar surface area (TPSA) is 60.5 Å². The third-order valence-electron chi connectivity index (χ3n) is 4.24. The van der Waals surface area contributed by atoms with Crippen molar-refractivity contribution >= 4 is 32.6 Å². The van der Waals surface area contributed by atoms with E-state index in [-0.39, 0.29) is 5.91 Å².